The average molecular weight is 212 g/mol. The van der Waals surface area contributed by atoms with E-state index in [2.05, 4.69) is 16.3 Å². The van der Waals surface area contributed by atoms with Crippen molar-refractivity contribution in [3.8, 4) is 0 Å². The highest BCUT2D eigenvalue weighted by Gasteiger charge is 2.10. The molecule has 0 bridgehead atoms. The molecule has 78 valence electrons. The summed E-state index contributed by atoms with van der Waals surface area (Å²) in [5.41, 5.74) is 12.0. The summed E-state index contributed by atoms with van der Waals surface area (Å²) in [4.78, 5) is 5.36. The molecule has 0 spiro atoms. The predicted octanol–water partition coefficient (Wildman–Crippen LogP) is 1.08. The number of hydrogen-bond acceptors (Lipinski definition) is 5. The van der Waals surface area contributed by atoms with Crippen LogP contribution in [0.1, 0.15) is 19.3 Å². The van der Waals surface area contributed by atoms with Crippen LogP contribution in [0.2, 0.25) is 0 Å². The third kappa shape index (κ3) is 3.33. The van der Waals surface area contributed by atoms with Gasteiger partial charge >= 0.3 is 0 Å². The van der Waals surface area contributed by atoms with Crippen molar-refractivity contribution in [2.75, 3.05) is 6.54 Å². The molecule has 1 heterocycles. The van der Waals surface area contributed by atoms with E-state index in [4.69, 9.17) is 11.5 Å². The summed E-state index contributed by atoms with van der Waals surface area (Å²) < 4.78 is 2.86. The minimum Gasteiger partial charge on any atom is -0.404 e. The van der Waals surface area contributed by atoms with Crippen molar-refractivity contribution in [1.82, 2.24) is 4.72 Å². The number of hydrogen-bond donors (Lipinski definition) is 3. The second-order valence-corrected chi connectivity index (χ2v) is 3.89. The Morgan fingerprint density at radius 3 is 2.86 bits per heavy atom. The summed E-state index contributed by atoms with van der Waals surface area (Å²) in [6.07, 6.45) is 4.91. The van der Waals surface area contributed by atoms with Gasteiger partial charge in [0.15, 0.2) is 0 Å². The van der Waals surface area contributed by atoms with Crippen molar-refractivity contribution >= 4 is 17.7 Å². The molecular formula is C9H16N4S. The molecule has 0 fully saturated rings. The quantitative estimate of drug-likeness (QED) is 0.609. The maximum atomic E-state index is 5.52. The van der Waals surface area contributed by atoms with Crippen molar-refractivity contribution in [2.45, 2.75) is 19.3 Å². The van der Waals surface area contributed by atoms with Crippen LogP contribution in [0.15, 0.2) is 28.5 Å². The Hall–Kier alpha value is -1.10. The molecule has 0 saturated carbocycles. The van der Waals surface area contributed by atoms with Crippen molar-refractivity contribution in [2.24, 2.45) is 16.5 Å². The first-order chi connectivity index (χ1) is 6.74. The fraction of sp³-hybridized carbons (Fsp3) is 0.444. The highest BCUT2D eigenvalue weighted by Crippen LogP contribution is 2.19. The van der Waals surface area contributed by atoms with Gasteiger partial charge in [0.1, 0.15) is 0 Å². The zero-order chi connectivity index (χ0) is 10.4. The minimum atomic E-state index is 0.422. The number of rotatable bonds is 4. The molecule has 1 aliphatic heterocycles. The van der Waals surface area contributed by atoms with Crippen LogP contribution >= 0.6 is 11.9 Å². The smallest absolute Gasteiger partial charge is 0.0989 e. The molecule has 1 rings (SSSR count). The summed E-state index contributed by atoms with van der Waals surface area (Å²) in [6.45, 7) is 4.44. The van der Waals surface area contributed by atoms with E-state index < -0.39 is 0 Å². The van der Waals surface area contributed by atoms with Gasteiger partial charge in [0.05, 0.1) is 16.4 Å². The maximum absolute atomic E-state index is 5.52. The van der Waals surface area contributed by atoms with E-state index >= 15 is 0 Å². The van der Waals surface area contributed by atoms with E-state index in [0.29, 0.717) is 5.82 Å². The molecular weight excluding hydrogens is 196 g/mol. The lowest BCUT2D eigenvalue weighted by Gasteiger charge is -2.14. The highest BCUT2D eigenvalue weighted by molar-refractivity contribution is 8.02. The van der Waals surface area contributed by atoms with E-state index in [9.17, 15) is 0 Å². The summed E-state index contributed by atoms with van der Waals surface area (Å²) in [5.74, 6) is 0.422. The Kier molecular flexibility index (Phi) is 4.39. The standard InChI is InChI=1S/C9H16N4S/c1-7(11)13-14-9(6-10)8-4-2-3-5-12-8/h6,13H,1-5,10-11H2. The van der Waals surface area contributed by atoms with E-state index in [1.807, 2.05) is 0 Å². The summed E-state index contributed by atoms with van der Waals surface area (Å²) in [7, 11) is 0. The fourth-order valence-electron chi connectivity index (χ4n) is 1.21. The molecule has 0 aromatic carbocycles. The molecule has 0 saturated heterocycles. The zero-order valence-electron chi connectivity index (χ0n) is 8.12. The topological polar surface area (TPSA) is 76.4 Å². The first-order valence-corrected chi connectivity index (χ1v) is 5.38. The number of aliphatic imine (C=N–C) groups is 1. The summed E-state index contributed by atoms with van der Waals surface area (Å²) in [5, 5.41) is 0. The molecule has 0 unspecified atom stereocenters. The molecule has 0 atom stereocenters. The summed E-state index contributed by atoms with van der Waals surface area (Å²) in [6, 6.07) is 0. The SMILES string of the molecule is C=C(N)NSC(=CN)C1=NCCCC1. The Morgan fingerprint density at radius 2 is 2.36 bits per heavy atom. The van der Waals surface area contributed by atoms with Crippen LogP contribution in [-0.2, 0) is 0 Å². The van der Waals surface area contributed by atoms with Gasteiger partial charge in [-0.2, -0.15) is 0 Å². The minimum absolute atomic E-state index is 0.422. The largest absolute Gasteiger partial charge is 0.404 e. The fourth-order valence-corrected chi connectivity index (χ4v) is 1.80. The number of allylic oxidation sites excluding steroid dienone is 1. The van der Waals surface area contributed by atoms with Crippen molar-refractivity contribution in [3.63, 3.8) is 0 Å². The van der Waals surface area contributed by atoms with Crippen LogP contribution in [0.25, 0.3) is 0 Å². The second kappa shape index (κ2) is 5.59. The van der Waals surface area contributed by atoms with Crippen LogP contribution in [0.3, 0.4) is 0 Å². The third-order valence-electron chi connectivity index (χ3n) is 1.85. The Balaban J connectivity index is 2.53. The molecule has 14 heavy (non-hydrogen) atoms. The molecule has 0 aromatic heterocycles. The van der Waals surface area contributed by atoms with Gasteiger partial charge in [0.2, 0.25) is 0 Å². The van der Waals surface area contributed by atoms with Crippen LogP contribution in [0, 0.1) is 0 Å². The number of nitrogens with two attached hydrogens (primary N) is 2. The predicted molar refractivity (Wildman–Crippen MR) is 62.5 cm³/mol. The molecule has 5 N–H and O–H groups in total. The van der Waals surface area contributed by atoms with Crippen LogP contribution in [0.5, 0.6) is 0 Å². The zero-order valence-corrected chi connectivity index (χ0v) is 8.94. The highest BCUT2D eigenvalue weighted by atomic mass is 32.2. The van der Waals surface area contributed by atoms with Crippen molar-refractivity contribution < 1.29 is 0 Å². The second-order valence-electron chi connectivity index (χ2n) is 3.05. The van der Waals surface area contributed by atoms with Gasteiger partial charge < -0.3 is 16.2 Å². The Labute approximate surface area is 88.7 Å². The number of nitrogens with one attached hydrogen (secondary N) is 1. The average Bonchev–Trinajstić information content (AvgIpc) is 2.20. The van der Waals surface area contributed by atoms with E-state index in [1.54, 1.807) is 6.20 Å². The summed E-state index contributed by atoms with van der Waals surface area (Å²) >= 11 is 1.37. The van der Waals surface area contributed by atoms with Gasteiger partial charge in [-0.15, -0.1) is 0 Å². The van der Waals surface area contributed by atoms with Crippen molar-refractivity contribution in [1.29, 1.82) is 0 Å². The first kappa shape index (κ1) is 11.0. The van der Waals surface area contributed by atoms with Gasteiger partial charge in [-0.25, -0.2) is 0 Å². The maximum Gasteiger partial charge on any atom is 0.0989 e. The molecule has 0 aromatic rings. The molecule has 0 radical (unpaired) electrons. The van der Waals surface area contributed by atoms with Crippen LogP contribution < -0.4 is 16.2 Å². The molecule has 5 heteroatoms. The molecule has 0 aliphatic carbocycles. The Morgan fingerprint density at radius 1 is 1.57 bits per heavy atom. The van der Waals surface area contributed by atoms with E-state index in [-0.39, 0.29) is 0 Å². The normalized spacial score (nSPS) is 17.4. The third-order valence-corrected chi connectivity index (χ3v) is 2.81. The van der Waals surface area contributed by atoms with Crippen LogP contribution in [0.4, 0.5) is 0 Å². The van der Waals surface area contributed by atoms with Crippen LogP contribution in [-0.4, -0.2) is 12.3 Å². The van der Waals surface area contributed by atoms with E-state index in [1.165, 1.54) is 24.8 Å². The van der Waals surface area contributed by atoms with Gasteiger partial charge in [-0.3, -0.25) is 4.99 Å². The monoisotopic (exact) mass is 212 g/mol. The van der Waals surface area contributed by atoms with Gasteiger partial charge in [0.25, 0.3) is 0 Å². The van der Waals surface area contributed by atoms with E-state index in [0.717, 1.165) is 23.6 Å². The molecule has 4 nitrogen and oxygen atoms in total. The number of nitrogens with zero attached hydrogens (tertiary/aromatic N) is 1. The molecule has 1 aliphatic rings. The van der Waals surface area contributed by atoms with Crippen molar-refractivity contribution in [3.05, 3.63) is 23.5 Å². The lowest BCUT2D eigenvalue weighted by molar-refractivity contribution is 0.739. The molecule has 0 amide bonds. The van der Waals surface area contributed by atoms with Gasteiger partial charge in [-0.05, 0) is 31.2 Å². The van der Waals surface area contributed by atoms with Gasteiger partial charge in [0, 0.05) is 12.7 Å². The lowest BCUT2D eigenvalue weighted by Crippen LogP contribution is -2.15. The van der Waals surface area contributed by atoms with Gasteiger partial charge in [-0.1, -0.05) is 6.58 Å². The lowest BCUT2D eigenvalue weighted by atomic mass is 10.1. The Bertz CT molecular complexity index is 270. The first-order valence-electron chi connectivity index (χ1n) is 4.57.